The molecule has 7 heteroatoms. The Labute approximate surface area is 114 Å². The quantitative estimate of drug-likeness (QED) is 0.806. The van der Waals surface area contributed by atoms with E-state index in [1.54, 1.807) is 17.4 Å². The van der Waals surface area contributed by atoms with E-state index in [9.17, 15) is 0 Å². The van der Waals surface area contributed by atoms with Gasteiger partial charge in [-0.2, -0.15) is 5.43 Å². The van der Waals surface area contributed by atoms with Gasteiger partial charge in [-0.25, -0.2) is 20.0 Å². The first-order valence-corrected chi connectivity index (χ1v) is 5.99. The van der Waals surface area contributed by atoms with Gasteiger partial charge >= 0.3 is 0 Å². The molecule has 1 aliphatic heterocycles. The lowest BCUT2D eigenvalue weighted by molar-refractivity contribution is 0.397. The second-order valence-corrected chi connectivity index (χ2v) is 4.44. The van der Waals surface area contributed by atoms with Crippen molar-refractivity contribution in [3.05, 3.63) is 53.4 Å². The van der Waals surface area contributed by atoms with Gasteiger partial charge in [-0.15, -0.1) is 0 Å². The van der Waals surface area contributed by atoms with Crippen molar-refractivity contribution in [3.8, 4) is 0 Å². The molecular formula is C12H11ClN6. The van der Waals surface area contributed by atoms with Gasteiger partial charge in [-0.3, -0.25) is 5.73 Å². The predicted octanol–water partition coefficient (Wildman–Crippen LogP) is 1.25. The van der Waals surface area contributed by atoms with Crippen LogP contribution >= 0.6 is 11.6 Å². The zero-order chi connectivity index (χ0) is 13.3. The van der Waals surface area contributed by atoms with E-state index in [4.69, 9.17) is 17.3 Å². The lowest BCUT2D eigenvalue weighted by Gasteiger charge is -2.25. The van der Waals surface area contributed by atoms with Crippen molar-refractivity contribution in [2.24, 2.45) is 10.7 Å². The maximum atomic E-state index is 6.22. The molecule has 0 saturated carbocycles. The van der Waals surface area contributed by atoms with E-state index in [0.29, 0.717) is 11.0 Å². The summed E-state index contributed by atoms with van der Waals surface area (Å²) in [7, 11) is 0. The number of hydrazine groups is 1. The third-order valence-electron chi connectivity index (χ3n) is 2.75. The van der Waals surface area contributed by atoms with E-state index < -0.39 is 5.79 Å². The standard InChI is InChI=1S/C12H11ClN6/c13-10-6-11(16-7-15-10)19-8-17-12(14,18-19)9-4-2-1-3-5-9/h1-8,18H,14H2. The van der Waals surface area contributed by atoms with E-state index in [0.717, 1.165) is 5.56 Å². The van der Waals surface area contributed by atoms with Crippen LogP contribution in [0, 0.1) is 0 Å². The van der Waals surface area contributed by atoms with Crippen LogP contribution in [0.3, 0.4) is 0 Å². The molecule has 19 heavy (non-hydrogen) atoms. The van der Waals surface area contributed by atoms with Crippen LogP contribution in [0.1, 0.15) is 5.56 Å². The average Bonchev–Trinajstić information content (AvgIpc) is 2.84. The summed E-state index contributed by atoms with van der Waals surface area (Å²) in [6, 6.07) is 11.2. The number of aliphatic imine (C=N–C) groups is 1. The number of hydrogen-bond donors (Lipinski definition) is 2. The Balaban J connectivity index is 1.87. The highest BCUT2D eigenvalue weighted by Gasteiger charge is 2.33. The zero-order valence-corrected chi connectivity index (χ0v) is 10.6. The van der Waals surface area contributed by atoms with Crippen LogP contribution in [-0.4, -0.2) is 16.3 Å². The molecule has 1 aromatic heterocycles. The Morgan fingerprint density at radius 1 is 1.21 bits per heavy atom. The molecule has 0 spiro atoms. The first-order valence-electron chi connectivity index (χ1n) is 5.62. The summed E-state index contributed by atoms with van der Waals surface area (Å²) in [5.41, 5.74) is 10.1. The SMILES string of the molecule is NC1(c2ccccc2)N=CN(c2cc(Cl)ncn2)N1. The number of benzene rings is 1. The Hall–Kier alpha value is -2.02. The normalized spacial score (nSPS) is 21.9. The molecule has 1 aromatic carbocycles. The molecule has 3 N–H and O–H groups in total. The number of nitrogens with zero attached hydrogens (tertiary/aromatic N) is 4. The molecule has 0 saturated heterocycles. The Kier molecular flexibility index (Phi) is 2.90. The average molecular weight is 275 g/mol. The van der Waals surface area contributed by atoms with E-state index in [1.807, 2.05) is 30.3 Å². The molecule has 0 amide bonds. The fraction of sp³-hybridized carbons (Fsp3) is 0.0833. The number of nitrogens with one attached hydrogen (secondary N) is 1. The number of rotatable bonds is 2. The molecule has 1 atom stereocenters. The van der Waals surface area contributed by atoms with Gasteiger partial charge in [0.15, 0.2) is 5.82 Å². The lowest BCUT2D eigenvalue weighted by atomic mass is 10.1. The maximum absolute atomic E-state index is 6.22. The smallest absolute Gasteiger partial charge is 0.207 e. The van der Waals surface area contributed by atoms with E-state index >= 15 is 0 Å². The minimum Gasteiger partial charge on any atom is -0.289 e. The summed E-state index contributed by atoms with van der Waals surface area (Å²) in [5.74, 6) is -0.425. The summed E-state index contributed by atoms with van der Waals surface area (Å²) >= 11 is 5.83. The molecule has 6 nitrogen and oxygen atoms in total. The van der Waals surface area contributed by atoms with Gasteiger partial charge in [0.1, 0.15) is 17.8 Å². The highest BCUT2D eigenvalue weighted by Crippen LogP contribution is 2.23. The molecule has 0 radical (unpaired) electrons. The third kappa shape index (κ3) is 2.28. The Bertz CT molecular complexity index is 617. The largest absolute Gasteiger partial charge is 0.289 e. The zero-order valence-electron chi connectivity index (χ0n) is 9.86. The summed E-state index contributed by atoms with van der Waals surface area (Å²) in [5, 5.41) is 1.97. The van der Waals surface area contributed by atoms with Crippen molar-refractivity contribution in [1.82, 2.24) is 15.4 Å². The van der Waals surface area contributed by atoms with Crippen molar-refractivity contribution < 1.29 is 0 Å². The van der Waals surface area contributed by atoms with Gasteiger partial charge in [0.25, 0.3) is 0 Å². The lowest BCUT2D eigenvalue weighted by Crippen LogP contribution is -2.51. The Morgan fingerprint density at radius 3 is 2.74 bits per heavy atom. The maximum Gasteiger partial charge on any atom is 0.207 e. The van der Waals surface area contributed by atoms with Gasteiger partial charge in [-0.1, -0.05) is 41.9 Å². The van der Waals surface area contributed by atoms with Crippen LogP contribution < -0.4 is 16.2 Å². The second kappa shape index (κ2) is 4.58. The van der Waals surface area contributed by atoms with E-state index in [1.165, 1.54) is 6.33 Å². The number of anilines is 1. The second-order valence-electron chi connectivity index (χ2n) is 4.06. The van der Waals surface area contributed by atoms with Crippen LogP contribution in [-0.2, 0) is 5.79 Å². The minimum atomic E-state index is -1.00. The number of halogens is 1. The van der Waals surface area contributed by atoms with Crippen molar-refractivity contribution >= 4 is 23.8 Å². The fourth-order valence-electron chi connectivity index (χ4n) is 1.79. The van der Waals surface area contributed by atoms with Crippen molar-refractivity contribution in [2.75, 3.05) is 5.01 Å². The van der Waals surface area contributed by atoms with Gasteiger partial charge in [0, 0.05) is 11.6 Å². The first-order chi connectivity index (χ1) is 9.17. The molecule has 96 valence electrons. The van der Waals surface area contributed by atoms with Gasteiger partial charge in [-0.05, 0) is 0 Å². The first kappa shape index (κ1) is 12.0. The minimum absolute atomic E-state index is 0.356. The van der Waals surface area contributed by atoms with E-state index in [2.05, 4.69) is 20.4 Å². The molecule has 0 bridgehead atoms. The molecule has 1 aliphatic rings. The van der Waals surface area contributed by atoms with Gasteiger partial charge in [0.2, 0.25) is 5.79 Å². The monoisotopic (exact) mass is 274 g/mol. The van der Waals surface area contributed by atoms with Crippen LogP contribution in [0.25, 0.3) is 0 Å². The number of nitrogens with two attached hydrogens (primary N) is 1. The van der Waals surface area contributed by atoms with Gasteiger partial charge in [0.05, 0.1) is 0 Å². The van der Waals surface area contributed by atoms with E-state index in [-0.39, 0.29) is 0 Å². The van der Waals surface area contributed by atoms with Crippen molar-refractivity contribution in [3.63, 3.8) is 0 Å². The predicted molar refractivity (Wildman–Crippen MR) is 73.5 cm³/mol. The molecule has 3 rings (SSSR count). The Morgan fingerprint density at radius 2 is 2.00 bits per heavy atom. The topological polar surface area (TPSA) is 79.4 Å². The van der Waals surface area contributed by atoms with Crippen LogP contribution in [0.5, 0.6) is 0 Å². The fourth-order valence-corrected chi connectivity index (χ4v) is 1.94. The molecule has 1 unspecified atom stereocenters. The van der Waals surface area contributed by atoms with Crippen LogP contribution in [0.15, 0.2) is 47.7 Å². The van der Waals surface area contributed by atoms with Crippen LogP contribution in [0.4, 0.5) is 5.82 Å². The number of hydrogen-bond acceptors (Lipinski definition) is 6. The highest BCUT2D eigenvalue weighted by molar-refractivity contribution is 6.29. The van der Waals surface area contributed by atoms with Crippen molar-refractivity contribution in [1.29, 1.82) is 0 Å². The summed E-state index contributed by atoms with van der Waals surface area (Å²) in [4.78, 5) is 12.2. The molecule has 2 heterocycles. The third-order valence-corrected chi connectivity index (χ3v) is 2.95. The van der Waals surface area contributed by atoms with Crippen molar-refractivity contribution in [2.45, 2.75) is 5.79 Å². The summed E-state index contributed by atoms with van der Waals surface area (Å²) in [6.07, 6.45) is 2.96. The summed E-state index contributed by atoms with van der Waals surface area (Å²) in [6.45, 7) is 0. The highest BCUT2D eigenvalue weighted by atomic mass is 35.5. The molecule has 0 aliphatic carbocycles. The summed E-state index contributed by atoms with van der Waals surface area (Å²) < 4.78 is 0. The molecular weight excluding hydrogens is 264 g/mol. The molecule has 0 fully saturated rings. The van der Waals surface area contributed by atoms with Gasteiger partial charge < -0.3 is 0 Å². The molecule has 2 aromatic rings. The number of aromatic nitrogens is 2. The van der Waals surface area contributed by atoms with Crippen LogP contribution in [0.2, 0.25) is 5.15 Å².